The molecule has 0 fully saturated rings. The van der Waals surface area contributed by atoms with Gasteiger partial charge < -0.3 is 0 Å². The van der Waals surface area contributed by atoms with Crippen molar-refractivity contribution in [1.82, 2.24) is 14.1 Å². The Balaban J connectivity index is 1.68. The molecule has 3 aromatic heterocycles. The van der Waals surface area contributed by atoms with Crippen LogP contribution in [-0.4, -0.2) is 23.7 Å². The van der Waals surface area contributed by atoms with Crippen LogP contribution in [0.5, 0.6) is 0 Å². The average Bonchev–Trinajstić information content (AvgIpc) is 3.18. The van der Waals surface area contributed by atoms with Crippen molar-refractivity contribution in [1.29, 1.82) is 0 Å². The zero-order valence-electron chi connectivity index (χ0n) is 12.4. The molecule has 0 aliphatic rings. The van der Waals surface area contributed by atoms with Gasteiger partial charge in [0.15, 0.2) is 4.96 Å². The van der Waals surface area contributed by atoms with Gasteiger partial charge in [0.05, 0.1) is 15.3 Å². The fourth-order valence-corrected chi connectivity index (χ4v) is 5.42. The smallest absolute Gasteiger partial charge is 0.275 e. The summed E-state index contributed by atoms with van der Waals surface area (Å²) < 4.78 is 28.8. The number of sulfonamides is 1. The van der Waals surface area contributed by atoms with E-state index in [1.165, 1.54) is 28.7 Å². The molecule has 0 atom stereocenters. The molecule has 24 heavy (non-hydrogen) atoms. The maximum absolute atomic E-state index is 12.4. The molecule has 0 saturated carbocycles. The van der Waals surface area contributed by atoms with Gasteiger partial charge in [-0.25, -0.2) is 18.1 Å². The number of carbonyl (C=O) groups excluding carboxylic acids is 1. The Labute approximate surface area is 145 Å². The largest absolute Gasteiger partial charge is 0.289 e. The summed E-state index contributed by atoms with van der Waals surface area (Å²) in [5.74, 6) is -0.648. The van der Waals surface area contributed by atoms with Crippen molar-refractivity contribution < 1.29 is 13.2 Å². The molecule has 0 saturated heterocycles. The highest BCUT2D eigenvalue weighted by Crippen LogP contribution is 2.28. The van der Waals surface area contributed by atoms with E-state index in [2.05, 4.69) is 9.71 Å². The second-order valence-corrected chi connectivity index (χ2v) is 8.72. The highest BCUT2D eigenvalue weighted by molar-refractivity contribution is 7.90. The number of nitrogens with one attached hydrogen (secondary N) is 1. The Hall–Kier alpha value is -2.23. The lowest BCUT2D eigenvalue weighted by atomic mass is 10.2. The van der Waals surface area contributed by atoms with Gasteiger partial charge in [0.2, 0.25) is 0 Å². The van der Waals surface area contributed by atoms with Crippen molar-refractivity contribution in [3.8, 4) is 0 Å². The summed E-state index contributed by atoms with van der Waals surface area (Å²) in [5, 5.41) is 1.90. The van der Waals surface area contributed by atoms with E-state index in [1.54, 1.807) is 31.2 Å². The first-order chi connectivity index (χ1) is 11.5. The van der Waals surface area contributed by atoms with E-state index in [-0.39, 0.29) is 4.90 Å². The number of benzene rings is 1. The van der Waals surface area contributed by atoms with Crippen molar-refractivity contribution >= 4 is 53.9 Å². The predicted octanol–water partition coefficient (Wildman–Crippen LogP) is 3.04. The number of rotatable bonds is 3. The van der Waals surface area contributed by atoms with Crippen LogP contribution in [0.4, 0.5) is 0 Å². The van der Waals surface area contributed by atoms with Crippen molar-refractivity contribution in [2.75, 3.05) is 0 Å². The Morgan fingerprint density at radius 2 is 2.08 bits per heavy atom. The third kappa shape index (κ3) is 2.41. The van der Waals surface area contributed by atoms with Crippen molar-refractivity contribution in [3.63, 3.8) is 0 Å². The molecule has 0 radical (unpaired) electrons. The van der Waals surface area contributed by atoms with Crippen LogP contribution in [0.25, 0.3) is 15.3 Å². The lowest BCUT2D eigenvalue weighted by Crippen LogP contribution is -2.30. The molecule has 9 heteroatoms. The lowest BCUT2D eigenvalue weighted by Gasteiger charge is -2.08. The van der Waals surface area contributed by atoms with E-state index in [1.807, 2.05) is 16.0 Å². The van der Waals surface area contributed by atoms with Gasteiger partial charge in [-0.15, -0.1) is 22.7 Å². The third-order valence-electron chi connectivity index (χ3n) is 3.57. The van der Waals surface area contributed by atoms with E-state index in [4.69, 9.17) is 0 Å². The number of hydrogen-bond donors (Lipinski definition) is 1. The average molecular weight is 377 g/mol. The van der Waals surface area contributed by atoms with Gasteiger partial charge >= 0.3 is 0 Å². The van der Waals surface area contributed by atoms with E-state index >= 15 is 0 Å². The van der Waals surface area contributed by atoms with Crippen LogP contribution in [0.1, 0.15) is 15.2 Å². The minimum atomic E-state index is -3.91. The molecule has 4 aromatic rings. The second-order valence-electron chi connectivity index (χ2n) is 5.17. The molecule has 0 spiro atoms. The number of thiophene rings is 1. The number of amides is 1. The Kier molecular flexibility index (Phi) is 3.44. The zero-order valence-corrected chi connectivity index (χ0v) is 14.8. The van der Waals surface area contributed by atoms with Gasteiger partial charge in [-0.1, -0.05) is 18.2 Å². The fraction of sp³-hybridized carbons (Fsp3) is 0.0667. The van der Waals surface area contributed by atoms with Crippen LogP contribution < -0.4 is 4.72 Å². The molecule has 1 amide bonds. The standard InChI is InChI=1S/C15H11N3O3S3/c1-9-4-2-3-5-12(9)24(20,21)17-13(19)11-8-10-14(23-11)16-15-18(10)6-7-22-15/h2-8H,1H3,(H,17,19). The molecular formula is C15H11N3O3S3. The highest BCUT2D eigenvalue weighted by Gasteiger charge is 2.22. The number of fused-ring (bicyclic) bond motifs is 3. The predicted molar refractivity (Wildman–Crippen MR) is 94.3 cm³/mol. The summed E-state index contributed by atoms with van der Waals surface area (Å²) in [7, 11) is -3.91. The minimum Gasteiger partial charge on any atom is -0.289 e. The van der Waals surface area contributed by atoms with E-state index in [0.717, 1.165) is 10.5 Å². The first-order valence-corrected chi connectivity index (χ1v) is 10.1. The maximum Gasteiger partial charge on any atom is 0.275 e. The molecule has 1 aromatic carbocycles. The van der Waals surface area contributed by atoms with Crippen LogP contribution in [0.3, 0.4) is 0 Å². The third-order valence-corrected chi connectivity index (χ3v) is 6.84. The SMILES string of the molecule is Cc1ccccc1S(=O)(=O)NC(=O)c1cc2c(nc3sccn32)s1. The first kappa shape index (κ1) is 15.3. The molecular weight excluding hydrogens is 366 g/mol. The van der Waals surface area contributed by atoms with Crippen LogP contribution in [0, 0.1) is 6.92 Å². The molecule has 0 aliphatic carbocycles. The number of thiazole rings is 1. The summed E-state index contributed by atoms with van der Waals surface area (Å²) >= 11 is 2.68. The number of aryl methyl sites for hydroxylation is 1. The Morgan fingerprint density at radius 3 is 2.88 bits per heavy atom. The van der Waals surface area contributed by atoms with E-state index < -0.39 is 15.9 Å². The monoisotopic (exact) mass is 377 g/mol. The van der Waals surface area contributed by atoms with Gasteiger partial charge in [0.1, 0.15) is 4.83 Å². The number of nitrogens with zero attached hydrogens (tertiary/aromatic N) is 2. The quantitative estimate of drug-likeness (QED) is 0.595. The van der Waals surface area contributed by atoms with Gasteiger partial charge in [0.25, 0.3) is 15.9 Å². The van der Waals surface area contributed by atoms with E-state index in [9.17, 15) is 13.2 Å². The van der Waals surface area contributed by atoms with Crippen LogP contribution in [-0.2, 0) is 10.0 Å². The summed E-state index contributed by atoms with van der Waals surface area (Å²) in [6.07, 6.45) is 1.87. The summed E-state index contributed by atoms with van der Waals surface area (Å²) in [6.45, 7) is 1.69. The van der Waals surface area contributed by atoms with Gasteiger partial charge in [-0.3, -0.25) is 9.20 Å². The first-order valence-electron chi connectivity index (χ1n) is 6.93. The highest BCUT2D eigenvalue weighted by atomic mass is 32.2. The number of imidazole rings is 1. The zero-order chi connectivity index (χ0) is 16.9. The number of carbonyl (C=O) groups is 1. The minimum absolute atomic E-state index is 0.0987. The molecule has 4 rings (SSSR count). The molecule has 3 heterocycles. The van der Waals surface area contributed by atoms with Crippen LogP contribution >= 0.6 is 22.7 Å². The summed E-state index contributed by atoms with van der Waals surface area (Å²) in [5.41, 5.74) is 1.38. The molecule has 122 valence electrons. The molecule has 1 N–H and O–H groups in total. The van der Waals surface area contributed by atoms with Crippen LogP contribution in [0.15, 0.2) is 46.8 Å². The van der Waals surface area contributed by atoms with Crippen molar-refractivity contribution in [3.05, 3.63) is 52.3 Å². The lowest BCUT2D eigenvalue weighted by molar-refractivity contribution is 0.0985. The van der Waals surface area contributed by atoms with Crippen molar-refractivity contribution in [2.24, 2.45) is 0 Å². The molecule has 0 unspecified atom stereocenters. The Morgan fingerprint density at radius 1 is 1.29 bits per heavy atom. The second kappa shape index (κ2) is 5.40. The number of aromatic nitrogens is 2. The summed E-state index contributed by atoms with van der Waals surface area (Å²) in [6, 6.07) is 8.19. The molecule has 6 nitrogen and oxygen atoms in total. The molecule has 0 bridgehead atoms. The van der Waals surface area contributed by atoms with Crippen molar-refractivity contribution in [2.45, 2.75) is 11.8 Å². The van der Waals surface area contributed by atoms with Gasteiger partial charge in [0, 0.05) is 11.6 Å². The van der Waals surface area contributed by atoms with Gasteiger partial charge in [-0.05, 0) is 24.6 Å². The van der Waals surface area contributed by atoms with Crippen LogP contribution in [0.2, 0.25) is 0 Å². The Bertz CT molecular complexity index is 1180. The normalized spacial score (nSPS) is 12.0. The van der Waals surface area contributed by atoms with E-state index in [0.29, 0.717) is 15.3 Å². The molecule has 0 aliphatic heterocycles. The fourth-order valence-electron chi connectivity index (χ4n) is 2.44. The maximum atomic E-state index is 12.4. The van der Waals surface area contributed by atoms with Gasteiger partial charge in [-0.2, -0.15) is 0 Å². The number of hydrogen-bond acceptors (Lipinski definition) is 6. The topological polar surface area (TPSA) is 80.5 Å². The summed E-state index contributed by atoms with van der Waals surface area (Å²) in [4.78, 5) is 18.8.